The highest BCUT2D eigenvalue weighted by molar-refractivity contribution is 6.47. The average Bonchev–Trinajstić information content (AvgIpc) is 2.74. The summed E-state index contributed by atoms with van der Waals surface area (Å²) < 4.78 is 15.4. The van der Waals surface area contributed by atoms with Gasteiger partial charge < -0.3 is 24.5 Å². The van der Waals surface area contributed by atoms with Gasteiger partial charge in [0.1, 0.15) is 11.3 Å². The molecule has 1 amide bonds. The Morgan fingerprint density at radius 2 is 2.03 bits per heavy atom. The first-order valence-corrected chi connectivity index (χ1v) is 8.99. The Hall–Kier alpha value is -3.40. The molecular weight excluding hydrogens is 379 g/mol. The van der Waals surface area contributed by atoms with E-state index in [4.69, 9.17) is 14.1 Å². The van der Waals surface area contributed by atoms with Crippen LogP contribution < -0.4 is 9.97 Å². The summed E-state index contributed by atoms with van der Waals surface area (Å²) in [7, 11) is -1.31. The Balaban J connectivity index is 1.63. The van der Waals surface area contributed by atoms with E-state index in [1.54, 1.807) is 25.1 Å². The molecule has 10 heteroatoms. The monoisotopic (exact) mass is 398 g/mol. The van der Waals surface area contributed by atoms with Crippen LogP contribution in [-0.2, 0) is 20.7 Å². The minimum absolute atomic E-state index is 0.0826. The van der Waals surface area contributed by atoms with Crippen LogP contribution in [0.1, 0.15) is 39.6 Å². The minimum atomic E-state index is -1.31. The Labute approximate surface area is 167 Å². The first-order chi connectivity index (χ1) is 14.0. The van der Waals surface area contributed by atoms with Gasteiger partial charge in [-0.05, 0) is 30.2 Å². The van der Waals surface area contributed by atoms with Gasteiger partial charge in [-0.3, -0.25) is 9.78 Å². The predicted molar refractivity (Wildman–Crippen MR) is 101 cm³/mol. The number of benzene rings is 1. The maximum Gasteiger partial charge on any atom is 0.547 e. The summed E-state index contributed by atoms with van der Waals surface area (Å²) in [5.74, 6) is -2.12. The number of hydrogen-bond donors (Lipinski definition) is 2. The molecule has 0 spiro atoms. The number of aromatic nitrogens is 1. The normalized spacial score (nSPS) is 15.0. The molecule has 0 aliphatic carbocycles. The predicted octanol–water partition coefficient (Wildman–Crippen LogP) is 0.902. The zero-order valence-corrected chi connectivity index (χ0v) is 15.7. The summed E-state index contributed by atoms with van der Waals surface area (Å²) in [6.45, 7) is 1.11. The fourth-order valence-electron chi connectivity index (χ4n) is 2.80. The summed E-state index contributed by atoms with van der Waals surface area (Å²) in [4.78, 5) is 39.6. The number of ether oxygens (including phenoxy) is 2. The van der Waals surface area contributed by atoms with Gasteiger partial charge in [0.25, 0.3) is 0 Å². The Bertz CT molecular complexity index is 907. The van der Waals surface area contributed by atoms with Crippen LogP contribution in [0.15, 0.2) is 42.7 Å². The average molecular weight is 398 g/mol. The molecule has 2 aromatic rings. The number of carbonyl (C=O) groups excluding carboxylic acids is 3. The fourth-order valence-corrected chi connectivity index (χ4v) is 2.80. The molecule has 3 rings (SSSR count). The van der Waals surface area contributed by atoms with Gasteiger partial charge >= 0.3 is 19.1 Å². The quantitative estimate of drug-likeness (QED) is 0.418. The van der Waals surface area contributed by atoms with Gasteiger partial charge in [-0.1, -0.05) is 19.1 Å². The molecule has 1 aliphatic rings. The number of esters is 2. The molecule has 1 atom stereocenters. The summed E-state index contributed by atoms with van der Waals surface area (Å²) in [6, 6.07) is 7.94. The third-order valence-electron chi connectivity index (χ3n) is 4.28. The summed E-state index contributed by atoms with van der Waals surface area (Å²) in [5, 5.41) is 12.9. The van der Waals surface area contributed by atoms with Gasteiger partial charge in [-0.15, -0.1) is 0 Å². The summed E-state index contributed by atoms with van der Waals surface area (Å²) in [6.07, 6.45) is 3.42. The van der Waals surface area contributed by atoms with Gasteiger partial charge in [0, 0.05) is 18.8 Å². The van der Waals surface area contributed by atoms with E-state index in [-0.39, 0.29) is 29.2 Å². The molecule has 1 aromatic carbocycles. The van der Waals surface area contributed by atoms with Crippen LogP contribution in [0.4, 0.5) is 0 Å². The second-order valence-corrected chi connectivity index (χ2v) is 6.26. The molecule has 0 unspecified atom stereocenters. The largest absolute Gasteiger partial charge is 0.547 e. The topological polar surface area (TPSA) is 124 Å². The van der Waals surface area contributed by atoms with Crippen molar-refractivity contribution in [3.8, 4) is 5.75 Å². The van der Waals surface area contributed by atoms with E-state index < -0.39 is 31.8 Å². The SMILES string of the molecule is CCC(=O)N[C@H]1Cc2cccc(C(=O)OCOC(=O)c3cccnc3)c2OB1O. The van der Waals surface area contributed by atoms with Crippen LogP contribution in [0.5, 0.6) is 5.75 Å². The fraction of sp³-hybridized carbons (Fsp3) is 0.263. The van der Waals surface area contributed by atoms with Crippen molar-refractivity contribution in [2.24, 2.45) is 0 Å². The first-order valence-electron chi connectivity index (χ1n) is 8.99. The molecule has 0 saturated carbocycles. The van der Waals surface area contributed by atoms with E-state index in [9.17, 15) is 19.4 Å². The lowest BCUT2D eigenvalue weighted by atomic mass is 9.72. The molecule has 29 heavy (non-hydrogen) atoms. The highest BCUT2D eigenvalue weighted by Crippen LogP contribution is 2.30. The highest BCUT2D eigenvalue weighted by atomic mass is 16.7. The molecule has 9 nitrogen and oxygen atoms in total. The van der Waals surface area contributed by atoms with Crippen molar-refractivity contribution in [3.05, 3.63) is 59.4 Å². The molecule has 2 heterocycles. The van der Waals surface area contributed by atoms with Crippen LogP contribution in [0.25, 0.3) is 0 Å². The number of nitrogens with one attached hydrogen (secondary N) is 1. The Morgan fingerprint density at radius 3 is 2.76 bits per heavy atom. The number of carbonyl (C=O) groups is 3. The third kappa shape index (κ3) is 4.91. The number of amides is 1. The van der Waals surface area contributed by atoms with Crippen LogP contribution in [0, 0.1) is 0 Å². The Kier molecular flexibility index (Phi) is 6.45. The smallest absolute Gasteiger partial charge is 0.534 e. The van der Waals surface area contributed by atoms with Gasteiger partial charge in [0.15, 0.2) is 0 Å². The Morgan fingerprint density at radius 1 is 1.24 bits per heavy atom. The van der Waals surface area contributed by atoms with Crippen LogP contribution in [0.3, 0.4) is 0 Å². The molecule has 150 valence electrons. The zero-order valence-electron chi connectivity index (χ0n) is 15.7. The zero-order chi connectivity index (χ0) is 20.8. The molecule has 0 bridgehead atoms. The third-order valence-corrected chi connectivity index (χ3v) is 4.28. The van der Waals surface area contributed by atoms with E-state index in [1.165, 1.54) is 24.5 Å². The van der Waals surface area contributed by atoms with Gasteiger partial charge in [-0.2, -0.15) is 0 Å². The summed E-state index contributed by atoms with van der Waals surface area (Å²) >= 11 is 0. The van der Waals surface area contributed by atoms with Crippen molar-refractivity contribution < 1.29 is 33.5 Å². The van der Waals surface area contributed by atoms with Crippen molar-refractivity contribution >= 4 is 25.0 Å². The molecular formula is C19H19BN2O7. The van der Waals surface area contributed by atoms with Crippen LogP contribution in [-0.4, -0.2) is 47.7 Å². The van der Waals surface area contributed by atoms with Crippen molar-refractivity contribution in [1.82, 2.24) is 10.3 Å². The number of rotatable bonds is 6. The number of pyridine rings is 1. The number of fused-ring (bicyclic) bond motifs is 1. The summed E-state index contributed by atoms with van der Waals surface area (Å²) in [5.41, 5.74) is 0.949. The van der Waals surface area contributed by atoms with Crippen molar-refractivity contribution in [2.75, 3.05) is 6.79 Å². The maximum absolute atomic E-state index is 12.4. The second-order valence-electron chi connectivity index (χ2n) is 6.26. The van der Waals surface area contributed by atoms with E-state index in [2.05, 4.69) is 10.3 Å². The highest BCUT2D eigenvalue weighted by Gasteiger charge is 2.37. The van der Waals surface area contributed by atoms with Crippen LogP contribution >= 0.6 is 0 Å². The van der Waals surface area contributed by atoms with Crippen molar-refractivity contribution in [3.63, 3.8) is 0 Å². The number of para-hydroxylation sites is 1. The molecule has 2 N–H and O–H groups in total. The van der Waals surface area contributed by atoms with Gasteiger partial charge in [0.2, 0.25) is 12.7 Å². The van der Waals surface area contributed by atoms with E-state index in [0.29, 0.717) is 12.0 Å². The standard InChI is InChI=1S/C19H19BN2O7/c1-2-16(23)22-15-9-12-5-3-7-14(17(12)29-20(15)26)19(25)28-11-27-18(24)13-6-4-8-21-10-13/h3-8,10,15,26H,2,9,11H2,1H3,(H,22,23)/t15-/m0/s1. The first kappa shape index (κ1) is 20.3. The molecule has 0 radical (unpaired) electrons. The number of hydrogen-bond acceptors (Lipinski definition) is 8. The minimum Gasteiger partial charge on any atom is -0.534 e. The molecule has 0 saturated heterocycles. The number of nitrogens with zero attached hydrogens (tertiary/aromatic N) is 1. The van der Waals surface area contributed by atoms with Gasteiger partial charge in [-0.25, -0.2) is 9.59 Å². The van der Waals surface area contributed by atoms with E-state index in [1.807, 2.05) is 0 Å². The lowest BCUT2D eigenvalue weighted by Crippen LogP contribution is -2.53. The van der Waals surface area contributed by atoms with Crippen LogP contribution in [0.2, 0.25) is 0 Å². The molecule has 1 aliphatic heterocycles. The lowest BCUT2D eigenvalue weighted by Gasteiger charge is -2.29. The van der Waals surface area contributed by atoms with Crippen molar-refractivity contribution in [2.45, 2.75) is 25.7 Å². The van der Waals surface area contributed by atoms with E-state index in [0.717, 1.165) is 0 Å². The van der Waals surface area contributed by atoms with Crippen molar-refractivity contribution in [1.29, 1.82) is 0 Å². The lowest BCUT2D eigenvalue weighted by molar-refractivity contribution is -0.121. The molecule has 0 fully saturated rings. The van der Waals surface area contributed by atoms with Gasteiger partial charge in [0.05, 0.1) is 11.5 Å². The van der Waals surface area contributed by atoms with E-state index >= 15 is 0 Å². The second kappa shape index (κ2) is 9.20. The molecule has 1 aromatic heterocycles. The maximum atomic E-state index is 12.4.